The second-order valence-corrected chi connectivity index (χ2v) is 9.68. The summed E-state index contributed by atoms with van der Waals surface area (Å²) in [5.74, 6) is 0.927. The number of nitrogens with two attached hydrogens (primary N) is 1. The molecule has 2 aromatic carbocycles. The fraction of sp³-hybridized carbons (Fsp3) is 0.286. The maximum atomic E-state index is 12.4. The van der Waals surface area contributed by atoms with Gasteiger partial charge in [-0.25, -0.2) is 9.78 Å². The number of primary amides is 1. The molecule has 1 atom stereocenters. The minimum atomic E-state index is -0.659. The average molecular weight is 501 g/mol. The summed E-state index contributed by atoms with van der Waals surface area (Å²) >= 11 is 0. The highest BCUT2D eigenvalue weighted by Crippen LogP contribution is 2.32. The van der Waals surface area contributed by atoms with Crippen LogP contribution in [0.15, 0.2) is 60.7 Å². The number of rotatable bonds is 6. The number of carbonyl (C=O) groups is 2. The smallest absolute Gasteiger partial charge is 0.410 e. The fourth-order valence-electron chi connectivity index (χ4n) is 3.89. The standard InChI is InChI=1S/C28H28N4O5/c1-28(2,3)37-27(34)32-14-13-19(17-32)24-12-11-23(25(30)33)26(31-24)36-21-9-7-20(8-10-21)35-22-6-4-5-18(15-22)16-29/h4-12,15,19H,13-14,17H2,1-3H3,(H2,30,33). The molecule has 0 spiro atoms. The first-order chi connectivity index (χ1) is 17.6. The van der Waals surface area contributed by atoms with E-state index in [9.17, 15) is 9.59 Å². The van der Waals surface area contributed by atoms with E-state index in [0.29, 0.717) is 48.0 Å². The minimum Gasteiger partial charge on any atom is -0.457 e. The third-order valence-corrected chi connectivity index (χ3v) is 5.64. The highest BCUT2D eigenvalue weighted by molar-refractivity contribution is 5.95. The van der Waals surface area contributed by atoms with Crippen LogP contribution in [0.25, 0.3) is 0 Å². The molecule has 1 aliphatic heterocycles. The molecule has 0 radical (unpaired) electrons. The van der Waals surface area contributed by atoms with E-state index in [1.807, 2.05) is 20.8 Å². The second kappa shape index (κ2) is 10.6. The lowest BCUT2D eigenvalue weighted by atomic mass is 10.0. The fourth-order valence-corrected chi connectivity index (χ4v) is 3.89. The Balaban J connectivity index is 1.48. The van der Waals surface area contributed by atoms with E-state index in [4.69, 9.17) is 25.2 Å². The van der Waals surface area contributed by atoms with Crippen molar-refractivity contribution < 1.29 is 23.8 Å². The largest absolute Gasteiger partial charge is 0.457 e. The van der Waals surface area contributed by atoms with Gasteiger partial charge in [0.05, 0.1) is 11.6 Å². The van der Waals surface area contributed by atoms with Crippen molar-refractivity contribution in [1.82, 2.24) is 9.88 Å². The van der Waals surface area contributed by atoms with Crippen LogP contribution in [0.1, 0.15) is 54.7 Å². The highest BCUT2D eigenvalue weighted by Gasteiger charge is 2.32. The number of hydrogen-bond donors (Lipinski definition) is 1. The Morgan fingerprint density at radius 3 is 2.38 bits per heavy atom. The number of likely N-dealkylation sites (tertiary alicyclic amines) is 1. The zero-order valence-electron chi connectivity index (χ0n) is 20.9. The normalized spacial score (nSPS) is 15.1. The number of amides is 2. The Morgan fingerprint density at radius 2 is 1.73 bits per heavy atom. The number of benzene rings is 2. The van der Waals surface area contributed by atoms with Crippen LogP contribution in [0.2, 0.25) is 0 Å². The molecule has 2 N–H and O–H groups in total. The van der Waals surface area contributed by atoms with Gasteiger partial charge in [0, 0.05) is 24.7 Å². The lowest BCUT2D eigenvalue weighted by Crippen LogP contribution is -2.35. The van der Waals surface area contributed by atoms with E-state index in [0.717, 1.165) is 0 Å². The summed E-state index contributed by atoms with van der Waals surface area (Å²) in [5.41, 5.74) is 6.33. The van der Waals surface area contributed by atoms with Crippen molar-refractivity contribution in [3.05, 3.63) is 77.5 Å². The van der Waals surface area contributed by atoms with E-state index >= 15 is 0 Å². The van der Waals surface area contributed by atoms with Crippen molar-refractivity contribution in [1.29, 1.82) is 5.26 Å². The van der Waals surface area contributed by atoms with Gasteiger partial charge in [-0.3, -0.25) is 4.79 Å². The molecular formula is C28H28N4O5. The monoisotopic (exact) mass is 500 g/mol. The summed E-state index contributed by atoms with van der Waals surface area (Å²) in [6.07, 6.45) is 0.350. The number of nitriles is 1. The Hall–Kier alpha value is -4.58. The molecule has 1 unspecified atom stereocenters. The summed E-state index contributed by atoms with van der Waals surface area (Å²) < 4.78 is 17.2. The average Bonchev–Trinajstić information content (AvgIpc) is 3.35. The van der Waals surface area contributed by atoms with Crippen LogP contribution >= 0.6 is 0 Å². The SMILES string of the molecule is CC(C)(C)OC(=O)N1CCC(c2ccc(C(N)=O)c(Oc3ccc(Oc4cccc(C#N)c4)cc3)n2)C1. The number of ether oxygens (including phenoxy) is 3. The molecule has 37 heavy (non-hydrogen) atoms. The van der Waals surface area contributed by atoms with Crippen LogP contribution in [0.3, 0.4) is 0 Å². The van der Waals surface area contributed by atoms with Crippen LogP contribution in [0, 0.1) is 11.3 Å². The van der Waals surface area contributed by atoms with Gasteiger partial charge >= 0.3 is 6.09 Å². The van der Waals surface area contributed by atoms with Crippen LogP contribution < -0.4 is 15.2 Å². The topological polar surface area (TPSA) is 128 Å². The number of aromatic nitrogens is 1. The molecule has 2 heterocycles. The maximum absolute atomic E-state index is 12.4. The maximum Gasteiger partial charge on any atom is 0.410 e. The lowest BCUT2D eigenvalue weighted by Gasteiger charge is -2.24. The summed E-state index contributed by atoms with van der Waals surface area (Å²) in [7, 11) is 0. The Morgan fingerprint density at radius 1 is 1.03 bits per heavy atom. The van der Waals surface area contributed by atoms with Crippen molar-refractivity contribution in [3.8, 4) is 29.2 Å². The molecule has 1 aromatic heterocycles. The quantitative estimate of drug-likeness (QED) is 0.482. The number of nitrogens with zero attached hydrogens (tertiary/aromatic N) is 3. The summed E-state index contributed by atoms with van der Waals surface area (Å²) in [5, 5.41) is 9.05. The van der Waals surface area contributed by atoms with Gasteiger partial charge in [-0.1, -0.05) is 6.07 Å². The Bertz CT molecular complexity index is 1340. The van der Waals surface area contributed by atoms with Crippen LogP contribution in [-0.2, 0) is 4.74 Å². The predicted molar refractivity (Wildman–Crippen MR) is 136 cm³/mol. The van der Waals surface area contributed by atoms with Gasteiger partial charge in [0.25, 0.3) is 5.91 Å². The number of carbonyl (C=O) groups excluding carboxylic acids is 2. The highest BCUT2D eigenvalue weighted by atomic mass is 16.6. The van der Waals surface area contributed by atoms with E-state index in [1.54, 1.807) is 65.6 Å². The number of hydrogen-bond acceptors (Lipinski definition) is 7. The summed E-state index contributed by atoms with van der Waals surface area (Å²) in [6, 6.07) is 19.0. The third-order valence-electron chi connectivity index (χ3n) is 5.64. The van der Waals surface area contributed by atoms with Crippen molar-refractivity contribution in [2.24, 2.45) is 5.73 Å². The van der Waals surface area contributed by atoms with E-state index in [-0.39, 0.29) is 23.5 Å². The molecule has 2 amide bonds. The molecule has 0 aliphatic carbocycles. The van der Waals surface area contributed by atoms with Gasteiger partial charge in [-0.2, -0.15) is 5.26 Å². The molecule has 4 rings (SSSR count). The lowest BCUT2D eigenvalue weighted by molar-refractivity contribution is 0.0292. The van der Waals surface area contributed by atoms with Gasteiger partial charge in [0.2, 0.25) is 5.88 Å². The predicted octanol–water partition coefficient (Wildman–Crippen LogP) is 5.36. The molecule has 190 valence electrons. The van der Waals surface area contributed by atoms with Crippen molar-refractivity contribution >= 4 is 12.0 Å². The molecular weight excluding hydrogens is 472 g/mol. The zero-order chi connectivity index (χ0) is 26.6. The molecule has 1 fully saturated rings. The van der Waals surface area contributed by atoms with Crippen LogP contribution in [0.4, 0.5) is 4.79 Å². The summed E-state index contributed by atoms with van der Waals surface area (Å²) in [6.45, 7) is 6.50. The van der Waals surface area contributed by atoms with Gasteiger partial charge < -0.3 is 24.8 Å². The number of pyridine rings is 1. The van der Waals surface area contributed by atoms with E-state index < -0.39 is 11.5 Å². The minimum absolute atomic E-state index is 0.0308. The second-order valence-electron chi connectivity index (χ2n) is 9.68. The van der Waals surface area contributed by atoms with Crippen LogP contribution in [0.5, 0.6) is 23.1 Å². The molecule has 1 aliphatic rings. The van der Waals surface area contributed by atoms with Crippen molar-refractivity contribution in [3.63, 3.8) is 0 Å². The molecule has 9 nitrogen and oxygen atoms in total. The van der Waals surface area contributed by atoms with Gasteiger partial charge in [0.1, 0.15) is 28.4 Å². The summed E-state index contributed by atoms with van der Waals surface area (Å²) in [4.78, 5) is 30.7. The first-order valence-electron chi connectivity index (χ1n) is 11.9. The first-order valence-corrected chi connectivity index (χ1v) is 11.9. The van der Waals surface area contributed by atoms with Crippen molar-refractivity contribution in [2.45, 2.75) is 38.7 Å². The molecule has 0 bridgehead atoms. The molecule has 1 saturated heterocycles. The van der Waals surface area contributed by atoms with Crippen molar-refractivity contribution in [2.75, 3.05) is 13.1 Å². The molecule has 0 saturated carbocycles. The third kappa shape index (κ3) is 6.55. The van der Waals surface area contributed by atoms with Gasteiger partial charge in [0.15, 0.2) is 0 Å². The van der Waals surface area contributed by atoms with E-state index in [1.165, 1.54) is 0 Å². The Kier molecular flexibility index (Phi) is 7.30. The molecule has 9 heteroatoms. The zero-order valence-corrected chi connectivity index (χ0v) is 20.9. The Labute approximate surface area is 215 Å². The van der Waals surface area contributed by atoms with Gasteiger partial charge in [-0.15, -0.1) is 0 Å². The van der Waals surface area contributed by atoms with Gasteiger partial charge in [-0.05, 0) is 81.8 Å². The van der Waals surface area contributed by atoms with E-state index in [2.05, 4.69) is 11.1 Å². The first kappa shape index (κ1) is 25.5. The molecule has 3 aromatic rings. The van der Waals surface area contributed by atoms with Crippen LogP contribution in [-0.4, -0.2) is 40.6 Å².